The molecule has 1 aromatic carbocycles. The van der Waals surface area contributed by atoms with Crippen molar-refractivity contribution < 1.29 is 9.53 Å². The molecule has 2 aromatic heterocycles. The third kappa shape index (κ3) is 4.99. The number of nitrogens with zero attached hydrogens (tertiary/aromatic N) is 3. The van der Waals surface area contributed by atoms with Crippen LogP contribution in [0.25, 0.3) is 6.08 Å². The normalized spacial score (nSPS) is 10.9. The number of benzene rings is 1. The lowest BCUT2D eigenvalue weighted by Gasteiger charge is -2.06. The molecule has 1 amide bonds. The molecule has 0 atom stereocenters. The quantitative estimate of drug-likeness (QED) is 0.650. The molecule has 0 aliphatic heterocycles. The predicted octanol–water partition coefficient (Wildman–Crippen LogP) is 2.58. The number of halogens is 1. The molecule has 0 aliphatic rings. The van der Waals surface area contributed by atoms with Gasteiger partial charge in [0.15, 0.2) is 0 Å². The predicted molar refractivity (Wildman–Crippen MR) is 110 cm³/mol. The van der Waals surface area contributed by atoms with E-state index in [9.17, 15) is 14.4 Å². The summed E-state index contributed by atoms with van der Waals surface area (Å²) in [5, 5.41) is 3.24. The van der Waals surface area contributed by atoms with Crippen LogP contribution in [0.1, 0.15) is 5.56 Å². The number of ether oxygens (including phenoxy) is 1. The zero-order valence-electron chi connectivity index (χ0n) is 15.6. The Labute approximate surface area is 170 Å². The van der Waals surface area contributed by atoms with Gasteiger partial charge < -0.3 is 14.6 Å². The molecule has 3 rings (SSSR count). The van der Waals surface area contributed by atoms with E-state index in [0.29, 0.717) is 22.3 Å². The zero-order valence-corrected chi connectivity index (χ0v) is 16.4. The van der Waals surface area contributed by atoms with Crippen LogP contribution in [0.3, 0.4) is 0 Å². The first-order chi connectivity index (χ1) is 13.8. The summed E-state index contributed by atoms with van der Waals surface area (Å²) >= 11 is 5.83. The largest absolute Gasteiger partial charge is 0.439 e. The fourth-order valence-corrected chi connectivity index (χ4v) is 2.56. The van der Waals surface area contributed by atoms with Crippen LogP contribution in [-0.4, -0.2) is 20.0 Å². The molecule has 9 heteroatoms. The van der Waals surface area contributed by atoms with Crippen molar-refractivity contribution in [1.29, 1.82) is 0 Å². The average molecular weight is 413 g/mol. The Morgan fingerprint density at radius 2 is 1.86 bits per heavy atom. The molecule has 0 unspecified atom stereocenters. The van der Waals surface area contributed by atoms with E-state index in [-0.39, 0.29) is 5.56 Å². The Balaban J connectivity index is 1.65. The molecule has 1 N–H and O–H groups in total. The van der Waals surface area contributed by atoms with E-state index in [1.807, 2.05) is 0 Å². The first-order valence-corrected chi connectivity index (χ1v) is 8.86. The zero-order chi connectivity index (χ0) is 21.0. The lowest BCUT2D eigenvalue weighted by atomic mass is 10.3. The maximum absolute atomic E-state index is 12.1. The molecule has 2 heterocycles. The molecule has 0 fully saturated rings. The van der Waals surface area contributed by atoms with Gasteiger partial charge in [-0.3, -0.25) is 14.2 Å². The lowest BCUT2D eigenvalue weighted by Crippen LogP contribution is -2.37. The van der Waals surface area contributed by atoms with Gasteiger partial charge in [0, 0.05) is 37.5 Å². The summed E-state index contributed by atoms with van der Waals surface area (Å²) in [6.07, 6.45) is 5.38. The minimum atomic E-state index is -0.484. The number of carbonyl (C=O) groups is 1. The van der Waals surface area contributed by atoms with Crippen molar-refractivity contribution in [1.82, 2.24) is 14.1 Å². The first-order valence-electron chi connectivity index (χ1n) is 8.48. The Kier molecular flexibility index (Phi) is 5.94. The third-order valence-corrected chi connectivity index (χ3v) is 4.18. The van der Waals surface area contributed by atoms with Crippen LogP contribution >= 0.6 is 11.6 Å². The summed E-state index contributed by atoms with van der Waals surface area (Å²) < 4.78 is 7.82. The van der Waals surface area contributed by atoms with Crippen LogP contribution in [-0.2, 0) is 18.9 Å². The summed E-state index contributed by atoms with van der Waals surface area (Å²) in [6, 6.07) is 10.1. The topological polar surface area (TPSA) is 95.2 Å². The standard InChI is InChI=1S/C20H17ClN4O4/c1-24-12-13(19(27)25(2)20(24)28)3-9-17(26)23-15-6-10-18(22-11-15)29-16-7-4-14(21)5-8-16/h3-12H,1-2H3,(H,23,26)/b9-3+. The fraction of sp³-hybridized carbons (Fsp3) is 0.100. The van der Waals surface area contributed by atoms with E-state index in [4.69, 9.17) is 16.3 Å². The molecule has 0 aliphatic carbocycles. The minimum absolute atomic E-state index is 0.217. The number of carbonyl (C=O) groups excluding carboxylic acids is 1. The lowest BCUT2D eigenvalue weighted by molar-refractivity contribution is -0.111. The van der Waals surface area contributed by atoms with Gasteiger partial charge in [0.25, 0.3) is 5.56 Å². The number of aromatic nitrogens is 3. The molecule has 0 radical (unpaired) electrons. The third-order valence-electron chi connectivity index (χ3n) is 3.93. The van der Waals surface area contributed by atoms with E-state index in [0.717, 1.165) is 4.57 Å². The second kappa shape index (κ2) is 8.57. The van der Waals surface area contributed by atoms with Gasteiger partial charge in [-0.1, -0.05) is 11.6 Å². The van der Waals surface area contributed by atoms with Crippen molar-refractivity contribution in [3.05, 3.63) is 86.3 Å². The molecular weight excluding hydrogens is 396 g/mol. The Morgan fingerprint density at radius 3 is 2.52 bits per heavy atom. The van der Waals surface area contributed by atoms with E-state index in [2.05, 4.69) is 10.3 Å². The summed E-state index contributed by atoms with van der Waals surface area (Å²) in [4.78, 5) is 40.0. The van der Waals surface area contributed by atoms with Crippen LogP contribution in [0.2, 0.25) is 5.02 Å². The van der Waals surface area contributed by atoms with Crippen LogP contribution in [0, 0.1) is 0 Å². The molecule has 0 saturated carbocycles. The van der Waals surface area contributed by atoms with Crippen LogP contribution in [0.5, 0.6) is 11.6 Å². The van der Waals surface area contributed by atoms with Crippen LogP contribution in [0.4, 0.5) is 5.69 Å². The smallest absolute Gasteiger partial charge is 0.330 e. The molecule has 0 saturated heterocycles. The van der Waals surface area contributed by atoms with Gasteiger partial charge in [-0.05, 0) is 36.4 Å². The maximum atomic E-state index is 12.1. The van der Waals surface area contributed by atoms with E-state index in [1.165, 1.54) is 43.2 Å². The highest BCUT2D eigenvalue weighted by atomic mass is 35.5. The van der Waals surface area contributed by atoms with E-state index < -0.39 is 17.2 Å². The van der Waals surface area contributed by atoms with Crippen molar-refractivity contribution in [3.63, 3.8) is 0 Å². The highest BCUT2D eigenvalue weighted by Crippen LogP contribution is 2.22. The van der Waals surface area contributed by atoms with Gasteiger partial charge in [-0.15, -0.1) is 0 Å². The molecule has 0 spiro atoms. The van der Waals surface area contributed by atoms with Gasteiger partial charge in [0.05, 0.1) is 17.4 Å². The van der Waals surface area contributed by atoms with Crippen molar-refractivity contribution in [2.45, 2.75) is 0 Å². The van der Waals surface area contributed by atoms with Gasteiger partial charge in [0.2, 0.25) is 11.8 Å². The Bertz CT molecular complexity index is 1180. The van der Waals surface area contributed by atoms with Crippen molar-refractivity contribution in [2.75, 3.05) is 5.32 Å². The number of amides is 1. The minimum Gasteiger partial charge on any atom is -0.439 e. The number of pyridine rings is 1. The summed E-state index contributed by atoms with van der Waals surface area (Å²) in [7, 11) is 2.90. The summed E-state index contributed by atoms with van der Waals surface area (Å²) in [5.41, 5.74) is -0.253. The van der Waals surface area contributed by atoms with E-state index in [1.54, 1.807) is 36.4 Å². The molecule has 3 aromatic rings. The number of rotatable bonds is 5. The molecule has 148 valence electrons. The van der Waals surface area contributed by atoms with Gasteiger partial charge in [0.1, 0.15) is 5.75 Å². The molecule has 8 nitrogen and oxygen atoms in total. The van der Waals surface area contributed by atoms with Crippen molar-refractivity contribution >= 4 is 29.3 Å². The van der Waals surface area contributed by atoms with Crippen LogP contribution in [0.15, 0.2) is 64.5 Å². The molecular formula is C20H17ClN4O4. The Hall–Kier alpha value is -3.65. The van der Waals surface area contributed by atoms with Gasteiger partial charge in [-0.2, -0.15) is 0 Å². The molecule has 0 bridgehead atoms. The highest BCUT2D eigenvalue weighted by molar-refractivity contribution is 6.30. The van der Waals surface area contributed by atoms with Crippen molar-refractivity contribution in [3.8, 4) is 11.6 Å². The summed E-state index contributed by atoms with van der Waals surface area (Å²) in [5.74, 6) is 0.490. The second-order valence-electron chi connectivity index (χ2n) is 6.11. The second-order valence-corrected chi connectivity index (χ2v) is 6.54. The van der Waals surface area contributed by atoms with E-state index >= 15 is 0 Å². The maximum Gasteiger partial charge on any atom is 0.330 e. The van der Waals surface area contributed by atoms with Crippen LogP contribution < -0.4 is 21.3 Å². The Morgan fingerprint density at radius 1 is 1.14 bits per heavy atom. The molecule has 29 heavy (non-hydrogen) atoms. The number of hydrogen-bond donors (Lipinski definition) is 1. The SMILES string of the molecule is Cn1cc(/C=C/C(=O)Nc2ccc(Oc3ccc(Cl)cc3)nc2)c(=O)n(C)c1=O. The van der Waals surface area contributed by atoms with Gasteiger partial charge >= 0.3 is 5.69 Å². The highest BCUT2D eigenvalue weighted by Gasteiger charge is 2.05. The number of nitrogens with one attached hydrogen (secondary N) is 1. The average Bonchev–Trinajstić information content (AvgIpc) is 2.71. The number of hydrogen-bond acceptors (Lipinski definition) is 5. The monoisotopic (exact) mass is 412 g/mol. The first kappa shape index (κ1) is 20.1. The van der Waals surface area contributed by atoms with Crippen molar-refractivity contribution in [2.24, 2.45) is 14.1 Å². The fourth-order valence-electron chi connectivity index (χ4n) is 2.44. The van der Waals surface area contributed by atoms with Gasteiger partial charge in [-0.25, -0.2) is 9.78 Å². The summed E-state index contributed by atoms with van der Waals surface area (Å²) in [6.45, 7) is 0. The number of aryl methyl sites for hydroxylation is 1. The number of anilines is 1.